The molecule has 1 atom stereocenters. The number of carbonyl (C=O) groups excluding carboxylic acids is 1. The zero-order valence-corrected chi connectivity index (χ0v) is 15.5. The van der Waals surface area contributed by atoms with Gasteiger partial charge < -0.3 is 19.8 Å². The number of furan rings is 1. The summed E-state index contributed by atoms with van der Waals surface area (Å²) in [7, 11) is 0. The van der Waals surface area contributed by atoms with Crippen LogP contribution in [0.25, 0.3) is 0 Å². The Balaban J connectivity index is 1.94. The van der Waals surface area contributed by atoms with E-state index in [1.54, 1.807) is 6.26 Å². The van der Waals surface area contributed by atoms with Crippen molar-refractivity contribution in [2.75, 3.05) is 0 Å². The molecular formula is C20H28N2O3. The van der Waals surface area contributed by atoms with E-state index in [0.29, 0.717) is 13.1 Å². The molecule has 0 aliphatic heterocycles. The summed E-state index contributed by atoms with van der Waals surface area (Å²) in [6.45, 7) is 8.81. The quantitative estimate of drug-likeness (QED) is 0.774. The van der Waals surface area contributed by atoms with Gasteiger partial charge in [-0.1, -0.05) is 31.2 Å². The first-order chi connectivity index (χ1) is 11.9. The molecule has 0 aliphatic carbocycles. The zero-order chi connectivity index (χ0) is 18.3. The molecule has 0 saturated heterocycles. The summed E-state index contributed by atoms with van der Waals surface area (Å²) < 4.78 is 10.8. The van der Waals surface area contributed by atoms with Crippen molar-refractivity contribution in [2.45, 2.75) is 58.8 Å². The van der Waals surface area contributed by atoms with Crippen LogP contribution in [0.2, 0.25) is 0 Å². The highest BCUT2D eigenvalue weighted by atomic mass is 16.6. The molecule has 0 spiro atoms. The second-order valence-electron chi connectivity index (χ2n) is 6.98. The van der Waals surface area contributed by atoms with Crippen molar-refractivity contribution in [1.29, 1.82) is 0 Å². The molecule has 0 radical (unpaired) electrons. The Hall–Kier alpha value is -2.27. The Labute approximate surface area is 149 Å². The number of rotatable bonds is 7. The monoisotopic (exact) mass is 344 g/mol. The number of hydrogen-bond donors (Lipinski definition) is 2. The Kier molecular flexibility index (Phi) is 6.65. The molecule has 0 bridgehead atoms. The van der Waals surface area contributed by atoms with Crippen LogP contribution in [0.15, 0.2) is 47.1 Å². The van der Waals surface area contributed by atoms with E-state index in [2.05, 4.69) is 23.6 Å². The van der Waals surface area contributed by atoms with E-state index >= 15 is 0 Å². The lowest BCUT2D eigenvalue weighted by Gasteiger charge is -2.20. The van der Waals surface area contributed by atoms with Crippen LogP contribution in [-0.4, -0.2) is 11.7 Å². The van der Waals surface area contributed by atoms with Gasteiger partial charge in [0.05, 0.1) is 12.3 Å². The molecular weight excluding hydrogens is 316 g/mol. The topological polar surface area (TPSA) is 63.5 Å². The molecule has 1 aromatic heterocycles. The molecule has 5 heteroatoms. The highest BCUT2D eigenvalue weighted by molar-refractivity contribution is 5.67. The van der Waals surface area contributed by atoms with Gasteiger partial charge in [-0.2, -0.15) is 0 Å². The molecule has 1 aromatic carbocycles. The summed E-state index contributed by atoms with van der Waals surface area (Å²) in [5, 5.41) is 6.33. The second kappa shape index (κ2) is 8.72. The maximum Gasteiger partial charge on any atom is 0.407 e. The fourth-order valence-electron chi connectivity index (χ4n) is 2.55. The fourth-order valence-corrected chi connectivity index (χ4v) is 2.55. The number of carbonyl (C=O) groups is 1. The van der Waals surface area contributed by atoms with Gasteiger partial charge in [0, 0.05) is 13.1 Å². The average Bonchev–Trinajstić information content (AvgIpc) is 3.07. The number of amides is 1. The van der Waals surface area contributed by atoms with Crippen LogP contribution in [0.3, 0.4) is 0 Å². The summed E-state index contributed by atoms with van der Waals surface area (Å²) in [5.41, 5.74) is 1.71. The SMILES string of the molecule is CCC(NCc1ccccc1CNC(=O)OC(C)(C)C)c1ccco1. The Morgan fingerprint density at radius 1 is 1.12 bits per heavy atom. The van der Waals surface area contributed by atoms with Gasteiger partial charge in [0.2, 0.25) is 0 Å². The van der Waals surface area contributed by atoms with Crippen molar-refractivity contribution < 1.29 is 13.9 Å². The predicted molar refractivity (Wildman–Crippen MR) is 98.1 cm³/mol. The number of hydrogen-bond acceptors (Lipinski definition) is 4. The van der Waals surface area contributed by atoms with Crippen molar-refractivity contribution in [1.82, 2.24) is 10.6 Å². The number of ether oxygens (including phenoxy) is 1. The normalized spacial score (nSPS) is 12.6. The second-order valence-corrected chi connectivity index (χ2v) is 6.98. The van der Waals surface area contributed by atoms with Crippen LogP contribution in [0.5, 0.6) is 0 Å². The zero-order valence-electron chi connectivity index (χ0n) is 15.5. The highest BCUT2D eigenvalue weighted by Crippen LogP contribution is 2.18. The summed E-state index contributed by atoms with van der Waals surface area (Å²) >= 11 is 0. The number of benzene rings is 1. The molecule has 0 saturated carbocycles. The first kappa shape index (κ1) is 19.1. The Bertz CT molecular complexity index is 660. The maximum absolute atomic E-state index is 11.8. The van der Waals surface area contributed by atoms with Gasteiger partial charge in [-0.3, -0.25) is 0 Å². The first-order valence-corrected chi connectivity index (χ1v) is 8.69. The molecule has 1 amide bonds. The van der Waals surface area contributed by atoms with Crippen LogP contribution < -0.4 is 10.6 Å². The highest BCUT2D eigenvalue weighted by Gasteiger charge is 2.16. The largest absolute Gasteiger partial charge is 0.468 e. The molecule has 2 aromatic rings. The van der Waals surface area contributed by atoms with E-state index < -0.39 is 11.7 Å². The lowest BCUT2D eigenvalue weighted by molar-refractivity contribution is 0.0523. The van der Waals surface area contributed by atoms with Crippen LogP contribution in [0.1, 0.15) is 57.0 Å². The predicted octanol–water partition coefficient (Wildman–Crippen LogP) is 4.55. The fraction of sp³-hybridized carbons (Fsp3) is 0.450. The minimum absolute atomic E-state index is 0.168. The number of alkyl carbamates (subject to hydrolysis) is 1. The lowest BCUT2D eigenvalue weighted by Crippen LogP contribution is -2.32. The summed E-state index contributed by atoms with van der Waals surface area (Å²) in [5.74, 6) is 0.937. The van der Waals surface area contributed by atoms with Crippen molar-refractivity contribution >= 4 is 6.09 Å². The Morgan fingerprint density at radius 3 is 2.36 bits per heavy atom. The van der Waals surface area contributed by atoms with Crippen molar-refractivity contribution in [3.05, 3.63) is 59.5 Å². The third kappa shape index (κ3) is 6.27. The van der Waals surface area contributed by atoms with E-state index in [4.69, 9.17) is 9.15 Å². The number of nitrogens with one attached hydrogen (secondary N) is 2. The maximum atomic E-state index is 11.8. The van der Waals surface area contributed by atoms with Crippen molar-refractivity contribution in [3.63, 3.8) is 0 Å². The third-order valence-corrected chi connectivity index (χ3v) is 3.77. The van der Waals surface area contributed by atoms with Crippen LogP contribution >= 0.6 is 0 Å². The van der Waals surface area contributed by atoms with Gasteiger partial charge >= 0.3 is 6.09 Å². The minimum atomic E-state index is -0.497. The van der Waals surface area contributed by atoms with Gasteiger partial charge in [0.15, 0.2) is 0 Å². The third-order valence-electron chi connectivity index (χ3n) is 3.77. The van der Waals surface area contributed by atoms with Gasteiger partial charge in [0.25, 0.3) is 0 Å². The molecule has 1 heterocycles. The summed E-state index contributed by atoms with van der Waals surface area (Å²) in [4.78, 5) is 11.8. The van der Waals surface area contributed by atoms with Gasteiger partial charge in [-0.05, 0) is 50.5 Å². The molecule has 0 aliphatic rings. The lowest BCUT2D eigenvalue weighted by atomic mass is 10.1. The van der Waals surface area contributed by atoms with Crippen LogP contribution in [-0.2, 0) is 17.8 Å². The van der Waals surface area contributed by atoms with Gasteiger partial charge in [-0.25, -0.2) is 4.79 Å². The molecule has 2 N–H and O–H groups in total. The first-order valence-electron chi connectivity index (χ1n) is 8.69. The van der Waals surface area contributed by atoms with E-state index in [1.165, 1.54) is 0 Å². The molecule has 1 unspecified atom stereocenters. The molecule has 0 fully saturated rings. The molecule has 136 valence electrons. The molecule has 25 heavy (non-hydrogen) atoms. The molecule has 5 nitrogen and oxygen atoms in total. The Morgan fingerprint density at radius 2 is 1.80 bits per heavy atom. The minimum Gasteiger partial charge on any atom is -0.468 e. The van der Waals surface area contributed by atoms with Crippen LogP contribution in [0.4, 0.5) is 4.79 Å². The van der Waals surface area contributed by atoms with Crippen molar-refractivity contribution in [3.8, 4) is 0 Å². The van der Waals surface area contributed by atoms with Crippen molar-refractivity contribution in [2.24, 2.45) is 0 Å². The van der Waals surface area contributed by atoms with Gasteiger partial charge in [-0.15, -0.1) is 0 Å². The van der Waals surface area contributed by atoms with E-state index in [9.17, 15) is 4.79 Å². The van der Waals surface area contributed by atoms with Gasteiger partial charge in [0.1, 0.15) is 11.4 Å². The summed E-state index contributed by atoms with van der Waals surface area (Å²) in [6, 6.07) is 12.1. The van der Waals surface area contributed by atoms with E-state index in [0.717, 1.165) is 23.3 Å². The van der Waals surface area contributed by atoms with Crippen LogP contribution in [0, 0.1) is 0 Å². The summed E-state index contributed by atoms with van der Waals surface area (Å²) in [6.07, 6.45) is 2.22. The van der Waals surface area contributed by atoms with E-state index in [-0.39, 0.29) is 6.04 Å². The standard InChI is InChI=1S/C20H28N2O3/c1-5-17(18-11-8-12-24-18)21-13-15-9-6-7-10-16(15)14-22-19(23)25-20(2,3)4/h6-12,17,21H,5,13-14H2,1-4H3,(H,22,23). The van der Waals surface area contributed by atoms with E-state index in [1.807, 2.05) is 51.1 Å². The molecule has 2 rings (SSSR count). The average molecular weight is 344 g/mol. The smallest absolute Gasteiger partial charge is 0.407 e.